The van der Waals surface area contributed by atoms with Gasteiger partial charge in [0.25, 0.3) is 0 Å². The van der Waals surface area contributed by atoms with E-state index in [-0.39, 0.29) is 0 Å². The first-order valence-electron chi connectivity index (χ1n) is 7.13. The number of hydrogen-bond donors (Lipinski definition) is 0. The topological polar surface area (TPSA) is 30.7 Å². The maximum Gasteiger partial charge on any atom is 0.168 e. The maximum absolute atomic E-state index is 4.38. The Morgan fingerprint density at radius 3 is 2.05 bits per heavy atom. The largest absolute Gasteiger partial charge is 0.279 e. The molecule has 0 unspecified atom stereocenters. The lowest BCUT2D eigenvalue weighted by molar-refractivity contribution is 0.953. The van der Waals surface area contributed by atoms with Gasteiger partial charge in [0.1, 0.15) is 5.82 Å². The van der Waals surface area contributed by atoms with Crippen LogP contribution in [0.4, 0.5) is 0 Å². The van der Waals surface area contributed by atoms with Crippen LogP contribution in [0.25, 0.3) is 17.1 Å². The highest BCUT2D eigenvalue weighted by atomic mass is 15.3. The van der Waals surface area contributed by atoms with Crippen LogP contribution in [0, 0.1) is 27.7 Å². The molecule has 0 aliphatic carbocycles. The molecule has 0 amide bonds. The van der Waals surface area contributed by atoms with E-state index in [0.717, 1.165) is 17.2 Å². The predicted octanol–water partition coefficient (Wildman–Crippen LogP) is 4.17. The molecule has 3 nitrogen and oxygen atoms in total. The molecule has 3 rings (SSSR count). The molecule has 1 aromatic heterocycles. The molecule has 0 saturated heterocycles. The van der Waals surface area contributed by atoms with Crippen LogP contribution in [-0.4, -0.2) is 14.8 Å². The Labute approximate surface area is 125 Å². The fraction of sp³-hybridized carbons (Fsp3) is 0.222. The average Bonchev–Trinajstić information content (AvgIpc) is 2.81. The molecular weight excluding hydrogens is 258 g/mol. The van der Waals surface area contributed by atoms with Gasteiger partial charge in [-0.15, -0.1) is 10.2 Å². The number of aryl methyl sites for hydroxylation is 4. The number of benzene rings is 2. The number of aromatic nitrogens is 3. The van der Waals surface area contributed by atoms with Crippen molar-refractivity contribution in [3.8, 4) is 17.1 Å². The van der Waals surface area contributed by atoms with Gasteiger partial charge in [-0.1, -0.05) is 48.0 Å². The zero-order valence-corrected chi connectivity index (χ0v) is 12.9. The van der Waals surface area contributed by atoms with E-state index in [1.54, 1.807) is 0 Å². The lowest BCUT2D eigenvalue weighted by atomic mass is 10.0. The van der Waals surface area contributed by atoms with Crippen molar-refractivity contribution >= 4 is 0 Å². The predicted molar refractivity (Wildman–Crippen MR) is 85.7 cm³/mol. The first-order valence-corrected chi connectivity index (χ1v) is 7.13. The van der Waals surface area contributed by atoms with Crippen molar-refractivity contribution in [2.24, 2.45) is 0 Å². The highest BCUT2D eigenvalue weighted by Gasteiger charge is 2.16. The SMILES string of the molecule is Cc1cc(C)c(-n2c(C)nnc2-c2ccccc2)c(C)c1. The molecule has 0 saturated carbocycles. The molecule has 0 aliphatic heterocycles. The lowest BCUT2D eigenvalue weighted by Crippen LogP contribution is -2.05. The van der Waals surface area contributed by atoms with Crippen LogP contribution < -0.4 is 0 Å². The second kappa shape index (κ2) is 5.17. The zero-order chi connectivity index (χ0) is 15.0. The molecule has 0 atom stereocenters. The molecule has 106 valence electrons. The van der Waals surface area contributed by atoms with E-state index in [0.29, 0.717) is 0 Å². The van der Waals surface area contributed by atoms with E-state index in [2.05, 4.69) is 59.8 Å². The Morgan fingerprint density at radius 2 is 1.43 bits per heavy atom. The van der Waals surface area contributed by atoms with Crippen LogP contribution >= 0.6 is 0 Å². The summed E-state index contributed by atoms with van der Waals surface area (Å²) in [6.07, 6.45) is 0. The minimum Gasteiger partial charge on any atom is -0.279 e. The Bertz CT molecular complexity index is 762. The summed E-state index contributed by atoms with van der Waals surface area (Å²) in [5.74, 6) is 1.80. The van der Waals surface area contributed by atoms with Gasteiger partial charge in [-0.05, 0) is 38.8 Å². The molecule has 3 heteroatoms. The van der Waals surface area contributed by atoms with Crippen LogP contribution in [-0.2, 0) is 0 Å². The fourth-order valence-electron chi connectivity index (χ4n) is 2.93. The van der Waals surface area contributed by atoms with Gasteiger partial charge < -0.3 is 0 Å². The summed E-state index contributed by atoms with van der Waals surface area (Å²) < 4.78 is 2.15. The molecule has 2 aromatic carbocycles. The normalized spacial score (nSPS) is 10.9. The molecule has 0 aliphatic rings. The van der Waals surface area contributed by atoms with Crippen molar-refractivity contribution in [3.63, 3.8) is 0 Å². The highest BCUT2D eigenvalue weighted by Crippen LogP contribution is 2.27. The minimum absolute atomic E-state index is 0.892. The Balaban J connectivity index is 2.28. The molecule has 3 aromatic rings. The van der Waals surface area contributed by atoms with Crippen molar-refractivity contribution in [2.45, 2.75) is 27.7 Å². The van der Waals surface area contributed by atoms with Crippen LogP contribution in [0.2, 0.25) is 0 Å². The van der Waals surface area contributed by atoms with Crippen LogP contribution in [0.5, 0.6) is 0 Å². The van der Waals surface area contributed by atoms with Gasteiger partial charge in [-0.25, -0.2) is 0 Å². The van der Waals surface area contributed by atoms with Gasteiger partial charge in [0.05, 0.1) is 5.69 Å². The summed E-state index contributed by atoms with van der Waals surface area (Å²) >= 11 is 0. The number of nitrogens with zero attached hydrogens (tertiary/aromatic N) is 3. The van der Waals surface area contributed by atoms with Crippen LogP contribution in [0.1, 0.15) is 22.5 Å². The molecule has 0 radical (unpaired) electrons. The van der Waals surface area contributed by atoms with E-state index in [4.69, 9.17) is 0 Å². The fourth-order valence-corrected chi connectivity index (χ4v) is 2.93. The summed E-state index contributed by atoms with van der Waals surface area (Å²) in [5, 5.41) is 8.67. The van der Waals surface area contributed by atoms with Gasteiger partial charge in [0, 0.05) is 5.56 Å². The summed E-state index contributed by atoms with van der Waals surface area (Å²) in [4.78, 5) is 0. The Kier molecular flexibility index (Phi) is 3.34. The molecule has 0 bridgehead atoms. The van der Waals surface area contributed by atoms with Gasteiger partial charge in [0.15, 0.2) is 5.82 Å². The quantitative estimate of drug-likeness (QED) is 0.704. The van der Waals surface area contributed by atoms with Gasteiger partial charge >= 0.3 is 0 Å². The molecule has 0 spiro atoms. The molecule has 0 fully saturated rings. The van der Waals surface area contributed by atoms with Crippen LogP contribution in [0.15, 0.2) is 42.5 Å². The summed E-state index contributed by atoms with van der Waals surface area (Å²) in [5.41, 5.74) is 6.03. The summed E-state index contributed by atoms with van der Waals surface area (Å²) in [6, 6.07) is 14.6. The third kappa shape index (κ3) is 2.35. The Morgan fingerprint density at radius 1 is 0.810 bits per heavy atom. The highest BCUT2D eigenvalue weighted by molar-refractivity contribution is 5.61. The average molecular weight is 277 g/mol. The first kappa shape index (κ1) is 13.6. The van der Waals surface area contributed by atoms with E-state index in [9.17, 15) is 0 Å². The monoisotopic (exact) mass is 277 g/mol. The van der Waals surface area contributed by atoms with E-state index in [1.165, 1.54) is 22.4 Å². The molecule has 21 heavy (non-hydrogen) atoms. The summed E-state index contributed by atoms with van der Waals surface area (Å²) in [6.45, 7) is 8.41. The van der Waals surface area contributed by atoms with Crippen molar-refractivity contribution in [1.82, 2.24) is 14.8 Å². The van der Waals surface area contributed by atoms with Crippen molar-refractivity contribution in [2.75, 3.05) is 0 Å². The van der Waals surface area contributed by atoms with Crippen LogP contribution in [0.3, 0.4) is 0 Å². The standard InChI is InChI=1S/C18H19N3/c1-12-10-13(2)17(14(3)11-12)21-15(4)19-20-18(21)16-8-6-5-7-9-16/h5-11H,1-4H3. The second-order valence-electron chi connectivity index (χ2n) is 5.52. The molecular formula is C18H19N3. The van der Waals surface area contributed by atoms with E-state index >= 15 is 0 Å². The lowest BCUT2D eigenvalue weighted by Gasteiger charge is -2.15. The first-order chi connectivity index (χ1) is 10.1. The van der Waals surface area contributed by atoms with Crippen molar-refractivity contribution in [1.29, 1.82) is 0 Å². The van der Waals surface area contributed by atoms with Gasteiger partial charge in [-0.3, -0.25) is 4.57 Å². The molecule has 0 N–H and O–H groups in total. The number of rotatable bonds is 2. The third-order valence-electron chi connectivity index (χ3n) is 3.72. The Hall–Kier alpha value is -2.42. The second-order valence-corrected chi connectivity index (χ2v) is 5.52. The van der Waals surface area contributed by atoms with Gasteiger partial charge in [-0.2, -0.15) is 0 Å². The third-order valence-corrected chi connectivity index (χ3v) is 3.72. The van der Waals surface area contributed by atoms with Crippen molar-refractivity contribution in [3.05, 3.63) is 65.0 Å². The molecule has 1 heterocycles. The van der Waals surface area contributed by atoms with Gasteiger partial charge in [0.2, 0.25) is 0 Å². The zero-order valence-electron chi connectivity index (χ0n) is 12.9. The summed E-state index contributed by atoms with van der Waals surface area (Å²) in [7, 11) is 0. The smallest absolute Gasteiger partial charge is 0.168 e. The number of hydrogen-bond acceptors (Lipinski definition) is 2. The maximum atomic E-state index is 4.38. The van der Waals surface area contributed by atoms with E-state index in [1.807, 2.05) is 25.1 Å². The van der Waals surface area contributed by atoms with E-state index < -0.39 is 0 Å². The van der Waals surface area contributed by atoms with Crippen molar-refractivity contribution < 1.29 is 0 Å². The minimum atomic E-state index is 0.892.